The number of nitrogens with one attached hydrogen (secondary N) is 1. The van der Waals surface area contributed by atoms with E-state index in [4.69, 9.17) is 4.74 Å². The summed E-state index contributed by atoms with van der Waals surface area (Å²) >= 11 is 1.50. The van der Waals surface area contributed by atoms with Gasteiger partial charge in [-0.2, -0.15) is 0 Å². The van der Waals surface area contributed by atoms with Crippen LogP contribution in [0.5, 0.6) is 0 Å². The van der Waals surface area contributed by atoms with Gasteiger partial charge in [0.15, 0.2) is 10.8 Å². The number of thiazole rings is 1. The molecule has 0 aromatic carbocycles. The van der Waals surface area contributed by atoms with Crippen LogP contribution >= 0.6 is 11.3 Å². The van der Waals surface area contributed by atoms with Crippen molar-refractivity contribution in [3.8, 4) is 10.8 Å². The molecule has 0 spiro atoms. The Bertz CT molecular complexity index is 894. The number of aromatic nitrogens is 4. The number of carbonyl (C=O) groups excluding carboxylic acids is 1. The number of pyridine rings is 1. The second-order valence-corrected chi connectivity index (χ2v) is 6.76. The molecule has 0 unspecified atom stereocenters. The Kier molecular flexibility index (Phi) is 5.31. The van der Waals surface area contributed by atoms with Gasteiger partial charge in [-0.05, 0) is 18.2 Å². The molecule has 1 aliphatic heterocycles. The van der Waals surface area contributed by atoms with E-state index in [-0.39, 0.29) is 5.91 Å². The molecule has 3 aromatic heterocycles. The first-order chi connectivity index (χ1) is 13.3. The number of ether oxygens (including phenoxy) is 1. The molecule has 1 N–H and O–H groups in total. The Balaban J connectivity index is 1.35. The van der Waals surface area contributed by atoms with Gasteiger partial charge in [0.05, 0.1) is 31.0 Å². The molecular formula is C18H18N6O2S. The number of anilines is 1. The fourth-order valence-corrected chi connectivity index (χ4v) is 3.42. The van der Waals surface area contributed by atoms with Gasteiger partial charge in [0.25, 0.3) is 5.91 Å². The van der Waals surface area contributed by atoms with Crippen LogP contribution in [-0.2, 0) is 11.3 Å². The van der Waals surface area contributed by atoms with Gasteiger partial charge >= 0.3 is 0 Å². The van der Waals surface area contributed by atoms with E-state index in [1.807, 2.05) is 5.38 Å². The van der Waals surface area contributed by atoms with E-state index < -0.39 is 0 Å². The lowest BCUT2D eigenvalue weighted by molar-refractivity contribution is 0.0302. The minimum absolute atomic E-state index is 0.00986. The molecule has 1 amide bonds. The Morgan fingerprint density at radius 2 is 2.00 bits per heavy atom. The highest BCUT2D eigenvalue weighted by Gasteiger charge is 2.18. The van der Waals surface area contributed by atoms with E-state index in [0.29, 0.717) is 50.1 Å². The number of hydrogen-bond acceptors (Lipinski definition) is 8. The molecule has 4 rings (SSSR count). The van der Waals surface area contributed by atoms with Gasteiger partial charge in [-0.3, -0.25) is 4.79 Å². The average molecular weight is 382 g/mol. The van der Waals surface area contributed by atoms with Crippen molar-refractivity contribution >= 4 is 23.1 Å². The highest BCUT2D eigenvalue weighted by atomic mass is 32.1. The molecule has 0 saturated carbocycles. The van der Waals surface area contributed by atoms with Crippen LogP contribution in [0.2, 0.25) is 0 Å². The predicted molar refractivity (Wildman–Crippen MR) is 101 cm³/mol. The van der Waals surface area contributed by atoms with E-state index in [1.54, 1.807) is 41.7 Å². The second-order valence-electron chi connectivity index (χ2n) is 5.91. The summed E-state index contributed by atoms with van der Waals surface area (Å²) < 4.78 is 5.28. The summed E-state index contributed by atoms with van der Waals surface area (Å²) in [7, 11) is 0. The third-order valence-electron chi connectivity index (χ3n) is 4.07. The zero-order valence-electron chi connectivity index (χ0n) is 14.5. The molecule has 4 heterocycles. The predicted octanol–water partition coefficient (Wildman–Crippen LogP) is 2.08. The summed E-state index contributed by atoms with van der Waals surface area (Å²) in [5.41, 5.74) is 1.47. The smallest absolute Gasteiger partial charge is 0.255 e. The van der Waals surface area contributed by atoms with Crippen LogP contribution in [-0.4, -0.2) is 57.0 Å². The van der Waals surface area contributed by atoms with Gasteiger partial charge in [-0.1, -0.05) is 0 Å². The van der Waals surface area contributed by atoms with Gasteiger partial charge in [0, 0.05) is 37.1 Å². The van der Waals surface area contributed by atoms with Crippen molar-refractivity contribution in [2.75, 3.05) is 31.6 Å². The van der Waals surface area contributed by atoms with Gasteiger partial charge < -0.3 is 15.0 Å². The van der Waals surface area contributed by atoms with Crippen molar-refractivity contribution in [3.63, 3.8) is 0 Å². The van der Waals surface area contributed by atoms with E-state index in [0.717, 1.165) is 10.7 Å². The van der Waals surface area contributed by atoms with Crippen LogP contribution in [0.25, 0.3) is 10.8 Å². The van der Waals surface area contributed by atoms with Crippen molar-refractivity contribution in [2.24, 2.45) is 0 Å². The molecule has 0 aliphatic carbocycles. The Labute approximate surface area is 160 Å². The van der Waals surface area contributed by atoms with E-state index in [1.165, 1.54) is 11.3 Å². The van der Waals surface area contributed by atoms with E-state index >= 15 is 0 Å². The lowest BCUT2D eigenvalue weighted by atomic mass is 10.2. The van der Waals surface area contributed by atoms with E-state index in [9.17, 15) is 4.79 Å². The van der Waals surface area contributed by atoms with Crippen LogP contribution in [0.3, 0.4) is 0 Å². The molecule has 0 bridgehead atoms. The summed E-state index contributed by atoms with van der Waals surface area (Å²) in [5.74, 6) is 1.31. The Hall–Kier alpha value is -2.91. The maximum absolute atomic E-state index is 12.4. The molecule has 1 fully saturated rings. The first-order valence-corrected chi connectivity index (χ1v) is 9.46. The number of hydrogen-bond donors (Lipinski definition) is 1. The normalized spacial score (nSPS) is 14.1. The summed E-state index contributed by atoms with van der Waals surface area (Å²) in [4.78, 5) is 31.5. The van der Waals surface area contributed by atoms with Crippen LogP contribution in [0, 0.1) is 0 Å². The Morgan fingerprint density at radius 3 is 2.74 bits per heavy atom. The molecule has 9 heteroatoms. The van der Waals surface area contributed by atoms with Crippen LogP contribution < -0.4 is 5.32 Å². The van der Waals surface area contributed by atoms with Crippen LogP contribution in [0.15, 0.2) is 42.2 Å². The Morgan fingerprint density at radius 1 is 1.19 bits per heavy atom. The van der Waals surface area contributed by atoms with Crippen molar-refractivity contribution in [1.82, 2.24) is 24.8 Å². The summed E-state index contributed by atoms with van der Waals surface area (Å²) in [5, 5.41) is 5.97. The maximum Gasteiger partial charge on any atom is 0.255 e. The highest BCUT2D eigenvalue weighted by molar-refractivity contribution is 7.13. The zero-order valence-corrected chi connectivity index (χ0v) is 15.4. The van der Waals surface area contributed by atoms with Gasteiger partial charge in [-0.15, -0.1) is 11.3 Å². The number of nitrogens with zero attached hydrogens (tertiary/aromatic N) is 5. The first kappa shape index (κ1) is 17.5. The lowest BCUT2D eigenvalue weighted by Crippen LogP contribution is -2.40. The quantitative estimate of drug-likeness (QED) is 0.722. The second kappa shape index (κ2) is 8.19. The third-order valence-corrected chi connectivity index (χ3v) is 4.96. The number of morpholine rings is 1. The van der Waals surface area contributed by atoms with Crippen molar-refractivity contribution in [1.29, 1.82) is 0 Å². The first-order valence-electron chi connectivity index (χ1n) is 8.58. The standard InChI is InChI=1S/C18H18N6O2S/c25-18(24-6-8-26-9-7-24)13-2-3-15(21-10-13)22-11-14-12-27-17(23-14)16-19-4-1-5-20-16/h1-5,10,12H,6-9,11H2,(H,21,22). The molecule has 8 nitrogen and oxygen atoms in total. The van der Waals surface area contributed by atoms with Crippen molar-refractivity contribution < 1.29 is 9.53 Å². The topological polar surface area (TPSA) is 93.1 Å². The van der Waals surface area contributed by atoms with Crippen LogP contribution in [0.1, 0.15) is 16.1 Å². The van der Waals surface area contributed by atoms with Crippen molar-refractivity contribution in [2.45, 2.75) is 6.54 Å². The largest absolute Gasteiger partial charge is 0.378 e. The summed E-state index contributed by atoms with van der Waals surface area (Å²) in [6.07, 6.45) is 5.00. The molecule has 0 radical (unpaired) electrons. The van der Waals surface area contributed by atoms with Crippen LogP contribution in [0.4, 0.5) is 5.82 Å². The lowest BCUT2D eigenvalue weighted by Gasteiger charge is -2.26. The fourth-order valence-electron chi connectivity index (χ4n) is 2.66. The monoisotopic (exact) mass is 382 g/mol. The highest BCUT2D eigenvalue weighted by Crippen LogP contribution is 2.20. The van der Waals surface area contributed by atoms with E-state index in [2.05, 4.69) is 25.3 Å². The molecule has 138 valence electrons. The minimum atomic E-state index is -0.00986. The molecule has 3 aromatic rings. The number of carbonyl (C=O) groups is 1. The summed E-state index contributed by atoms with van der Waals surface area (Å²) in [6.45, 7) is 2.95. The molecule has 1 aliphatic rings. The summed E-state index contributed by atoms with van der Waals surface area (Å²) in [6, 6.07) is 5.37. The van der Waals surface area contributed by atoms with Gasteiger partial charge in [-0.25, -0.2) is 19.9 Å². The number of amides is 1. The zero-order chi connectivity index (χ0) is 18.5. The SMILES string of the molecule is O=C(c1ccc(NCc2csc(-c3ncccn3)n2)nc1)N1CCOCC1. The molecule has 1 saturated heterocycles. The average Bonchev–Trinajstić information content (AvgIpc) is 3.22. The van der Waals surface area contributed by atoms with Gasteiger partial charge in [0.2, 0.25) is 0 Å². The minimum Gasteiger partial charge on any atom is -0.378 e. The molecular weight excluding hydrogens is 364 g/mol. The maximum atomic E-state index is 12.4. The van der Waals surface area contributed by atoms with Gasteiger partial charge in [0.1, 0.15) is 5.82 Å². The third kappa shape index (κ3) is 4.26. The van der Waals surface area contributed by atoms with Crippen molar-refractivity contribution in [3.05, 3.63) is 53.4 Å². The molecule has 27 heavy (non-hydrogen) atoms. The molecule has 0 atom stereocenters. The number of rotatable bonds is 5. The fraction of sp³-hybridized carbons (Fsp3) is 0.278.